The number of amides is 2. The molecule has 1 saturated heterocycles. The average Bonchev–Trinajstić information content (AvgIpc) is 3.18. The van der Waals surface area contributed by atoms with Gasteiger partial charge in [0.2, 0.25) is 5.89 Å². The molecular weight excluding hydrogens is 296 g/mol. The number of carbonyl (C=O) groups excluding carboxylic acids is 1. The van der Waals surface area contributed by atoms with Crippen LogP contribution in [0.2, 0.25) is 0 Å². The summed E-state index contributed by atoms with van der Waals surface area (Å²) in [6.45, 7) is 7.01. The Labute approximate surface area is 134 Å². The molecule has 1 N–H and O–H groups in total. The summed E-state index contributed by atoms with van der Waals surface area (Å²) in [4.78, 5) is 18.5. The van der Waals surface area contributed by atoms with Crippen LogP contribution in [0.15, 0.2) is 10.7 Å². The van der Waals surface area contributed by atoms with Crippen LogP contribution < -0.4 is 5.32 Å². The van der Waals surface area contributed by atoms with Gasteiger partial charge in [0, 0.05) is 31.9 Å². The maximum atomic E-state index is 12.5. The maximum Gasteiger partial charge on any atom is 0.317 e. The third-order valence-corrected chi connectivity index (χ3v) is 4.23. The molecule has 1 aliphatic rings. The molecule has 1 fully saturated rings. The van der Waals surface area contributed by atoms with Gasteiger partial charge in [0.15, 0.2) is 5.82 Å². The van der Waals surface area contributed by atoms with E-state index < -0.39 is 0 Å². The van der Waals surface area contributed by atoms with Gasteiger partial charge >= 0.3 is 6.03 Å². The Hall–Kier alpha value is -2.38. The number of hydrogen-bond donors (Lipinski definition) is 1. The largest absolute Gasteiger partial charge is 0.339 e. The molecule has 0 bridgehead atoms. The topological polar surface area (TPSA) is 89.1 Å². The molecule has 0 aliphatic carbocycles. The molecule has 3 rings (SSSR count). The van der Waals surface area contributed by atoms with Gasteiger partial charge in [-0.1, -0.05) is 5.16 Å². The number of aryl methyl sites for hydroxylation is 3. The van der Waals surface area contributed by atoms with Crippen molar-refractivity contribution in [1.29, 1.82) is 0 Å². The minimum atomic E-state index is -0.0825. The number of nitrogens with zero attached hydrogens (tertiary/aromatic N) is 5. The minimum Gasteiger partial charge on any atom is -0.339 e. The van der Waals surface area contributed by atoms with Gasteiger partial charge in [-0.15, -0.1) is 0 Å². The zero-order valence-electron chi connectivity index (χ0n) is 13.9. The standard InChI is InChI=1S/C15H22N6O2/c1-9(13-8-20(4)18-10(13)2)16-15(22)21-6-5-12(7-21)14-17-11(3)19-23-14/h8-9,12H,5-7H2,1-4H3,(H,16,22). The number of rotatable bonds is 3. The smallest absolute Gasteiger partial charge is 0.317 e. The number of aromatic nitrogens is 4. The Kier molecular flexibility index (Phi) is 4.06. The van der Waals surface area contributed by atoms with Crippen molar-refractivity contribution in [3.63, 3.8) is 0 Å². The van der Waals surface area contributed by atoms with Gasteiger partial charge in [0.05, 0.1) is 17.7 Å². The zero-order chi connectivity index (χ0) is 16.6. The first-order valence-electron chi connectivity index (χ1n) is 7.80. The fraction of sp³-hybridized carbons (Fsp3) is 0.600. The summed E-state index contributed by atoms with van der Waals surface area (Å²) in [6, 6.07) is -0.152. The molecular formula is C15H22N6O2. The van der Waals surface area contributed by atoms with Gasteiger partial charge in [-0.2, -0.15) is 10.1 Å². The van der Waals surface area contributed by atoms with E-state index in [0.717, 1.165) is 17.7 Å². The molecule has 0 radical (unpaired) electrons. The van der Waals surface area contributed by atoms with Crippen LogP contribution in [0.3, 0.4) is 0 Å². The van der Waals surface area contributed by atoms with E-state index in [4.69, 9.17) is 4.52 Å². The highest BCUT2D eigenvalue weighted by Crippen LogP contribution is 2.26. The number of carbonyl (C=O) groups is 1. The first-order valence-corrected chi connectivity index (χ1v) is 7.80. The summed E-state index contributed by atoms with van der Waals surface area (Å²) < 4.78 is 6.98. The van der Waals surface area contributed by atoms with Crippen molar-refractivity contribution in [3.8, 4) is 0 Å². The highest BCUT2D eigenvalue weighted by atomic mass is 16.5. The monoisotopic (exact) mass is 318 g/mol. The first-order chi connectivity index (χ1) is 10.9. The molecule has 2 aromatic rings. The molecule has 2 unspecified atom stereocenters. The predicted molar refractivity (Wildman–Crippen MR) is 82.9 cm³/mol. The molecule has 2 aromatic heterocycles. The van der Waals surface area contributed by atoms with Crippen LogP contribution in [0.4, 0.5) is 4.79 Å². The molecule has 0 aromatic carbocycles. The third kappa shape index (κ3) is 3.20. The Morgan fingerprint density at radius 3 is 2.87 bits per heavy atom. The van der Waals surface area contributed by atoms with Crippen molar-refractivity contribution < 1.29 is 9.32 Å². The quantitative estimate of drug-likeness (QED) is 0.930. The van der Waals surface area contributed by atoms with Crippen LogP contribution in [0.25, 0.3) is 0 Å². The SMILES string of the molecule is Cc1noc(C2CCN(C(=O)NC(C)c3cn(C)nc3C)C2)n1. The number of likely N-dealkylation sites (tertiary alicyclic amines) is 1. The van der Waals surface area contributed by atoms with E-state index in [9.17, 15) is 4.79 Å². The van der Waals surface area contributed by atoms with Crippen molar-refractivity contribution >= 4 is 6.03 Å². The summed E-state index contributed by atoms with van der Waals surface area (Å²) in [6.07, 6.45) is 2.78. The normalized spacial score (nSPS) is 19.1. The lowest BCUT2D eigenvalue weighted by atomic mass is 10.1. The molecule has 8 nitrogen and oxygen atoms in total. The molecule has 0 saturated carbocycles. The van der Waals surface area contributed by atoms with Gasteiger partial charge < -0.3 is 14.7 Å². The van der Waals surface area contributed by atoms with Gasteiger partial charge in [-0.05, 0) is 27.2 Å². The molecule has 0 spiro atoms. The van der Waals surface area contributed by atoms with Crippen molar-refractivity contribution in [3.05, 3.63) is 29.2 Å². The fourth-order valence-electron chi connectivity index (χ4n) is 3.02. The Bertz CT molecular complexity index is 707. The molecule has 2 atom stereocenters. The van der Waals surface area contributed by atoms with Crippen molar-refractivity contribution in [1.82, 2.24) is 30.1 Å². The number of hydrogen-bond acceptors (Lipinski definition) is 5. The molecule has 1 aliphatic heterocycles. The summed E-state index contributed by atoms with van der Waals surface area (Å²) >= 11 is 0. The van der Waals surface area contributed by atoms with E-state index in [-0.39, 0.29) is 18.0 Å². The Morgan fingerprint density at radius 2 is 2.26 bits per heavy atom. The van der Waals surface area contributed by atoms with Crippen LogP contribution in [0.5, 0.6) is 0 Å². The van der Waals surface area contributed by atoms with E-state index >= 15 is 0 Å². The van der Waals surface area contributed by atoms with E-state index in [1.54, 1.807) is 16.5 Å². The van der Waals surface area contributed by atoms with Gasteiger partial charge in [-0.25, -0.2) is 4.79 Å². The molecule has 124 valence electrons. The highest BCUT2D eigenvalue weighted by molar-refractivity contribution is 5.75. The molecule has 23 heavy (non-hydrogen) atoms. The minimum absolute atomic E-state index is 0.0699. The van der Waals surface area contributed by atoms with Crippen LogP contribution in [0.1, 0.15) is 48.3 Å². The predicted octanol–water partition coefficient (Wildman–Crippen LogP) is 1.68. The van der Waals surface area contributed by atoms with Crippen molar-refractivity contribution in [2.24, 2.45) is 7.05 Å². The summed E-state index contributed by atoms with van der Waals surface area (Å²) in [5.74, 6) is 1.37. The number of urea groups is 1. The van der Waals surface area contributed by atoms with Crippen LogP contribution in [0, 0.1) is 13.8 Å². The molecule has 3 heterocycles. The average molecular weight is 318 g/mol. The fourth-order valence-corrected chi connectivity index (χ4v) is 3.02. The lowest BCUT2D eigenvalue weighted by Gasteiger charge is -2.20. The van der Waals surface area contributed by atoms with Gasteiger partial charge in [0.25, 0.3) is 0 Å². The second-order valence-corrected chi connectivity index (χ2v) is 6.13. The lowest BCUT2D eigenvalue weighted by molar-refractivity contribution is 0.204. The van der Waals surface area contributed by atoms with E-state index in [1.807, 2.05) is 27.1 Å². The third-order valence-electron chi connectivity index (χ3n) is 4.23. The van der Waals surface area contributed by atoms with Crippen LogP contribution in [-0.4, -0.2) is 43.9 Å². The van der Waals surface area contributed by atoms with E-state index in [2.05, 4.69) is 20.6 Å². The zero-order valence-corrected chi connectivity index (χ0v) is 13.9. The van der Waals surface area contributed by atoms with E-state index in [1.165, 1.54) is 0 Å². The van der Waals surface area contributed by atoms with Crippen molar-refractivity contribution in [2.75, 3.05) is 13.1 Å². The molecule has 2 amide bonds. The van der Waals surface area contributed by atoms with Crippen LogP contribution >= 0.6 is 0 Å². The first kappa shape index (κ1) is 15.5. The Balaban J connectivity index is 1.60. The Morgan fingerprint density at radius 1 is 1.48 bits per heavy atom. The second kappa shape index (κ2) is 6.02. The summed E-state index contributed by atoms with van der Waals surface area (Å²) in [5.41, 5.74) is 1.96. The highest BCUT2D eigenvalue weighted by Gasteiger charge is 2.31. The maximum absolute atomic E-state index is 12.5. The summed E-state index contributed by atoms with van der Waals surface area (Å²) in [7, 11) is 1.88. The number of nitrogens with one attached hydrogen (secondary N) is 1. The van der Waals surface area contributed by atoms with Gasteiger partial charge in [-0.3, -0.25) is 4.68 Å². The van der Waals surface area contributed by atoms with Gasteiger partial charge in [0.1, 0.15) is 0 Å². The van der Waals surface area contributed by atoms with Crippen LogP contribution in [-0.2, 0) is 7.05 Å². The summed E-state index contributed by atoms with van der Waals surface area (Å²) in [5, 5.41) is 11.2. The molecule has 8 heteroatoms. The van der Waals surface area contributed by atoms with E-state index in [0.29, 0.717) is 24.8 Å². The second-order valence-electron chi connectivity index (χ2n) is 6.13. The lowest BCUT2D eigenvalue weighted by Crippen LogP contribution is -2.39. The van der Waals surface area contributed by atoms with Crippen molar-refractivity contribution in [2.45, 2.75) is 39.2 Å².